The molecule has 0 spiro atoms. The molecule has 72 valence electrons. The Morgan fingerprint density at radius 2 is 2.29 bits per heavy atom. The molecule has 14 heavy (non-hydrogen) atoms. The number of hydrogen-bond acceptors (Lipinski definition) is 4. The van der Waals surface area contributed by atoms with Crippen molar-refractivity contribution in [3.05, 3.63) is 30.4 Å². The Labute approximate surface area is 81.6 Å². The maximum Gasteiger partial charge on any atom is 0.161 e. The number of anilines is 1. The molecule has 2 heterocycles. The van der Waals surface area contributed by atoms with E-state index in [4.69, 9.17) is 5.73 Å². The minimum Gasteiger partial charge on any atom is -0.383 e. The second kappa shape index (κ2) is 3.45. The van der Waals surface area contributed by atoms with Crippen molar-refractivity contribution < 1.29 is 0 Å². The quantitative estimate of drug-likeness (QED) is 0.758. The lowest BCUT2D eigenvalue weighted by molar-refractivity contribution is 0.820. The van der Waals surface area contributed by atoms with Gasteiger partial charge in [-0.3, -0.25) is 0 Å². The van der Waals surface area contributed by atoms with E-state index in [1.165, 1.54) is 6.33 Å². The van der Waals surface area contributed by atoms with E-state index in [0.29, 0.717) is 5.82 Å². The predicted octanol–water partition coefficient (Wildman–Crippen LogP) is 0.807. The standard InChI is InChI=1S/C9H11N5/c1-2-7-8(10)11-6-12-9(7)14-5-3-4-13-14/h3-6H,2H2,1H3,(H2,10,11,12). The zero-order chi connectivity index (χ0) is 9.97. The van der Waals surface area contributed by atoms with E-state index in [1.54, 1.807) is 10.9 Å². The zero-order valence-electron chi connectivity index (χ0n) is 7.88. The van der Waals surface area contributed by atoms with Crippen LogP contribution in [0.25, 0.3) is 5.82 Å². The SMILES string of the molecule is CCc1c(N)ncnc1-n1cccn1. The summed E-state index contributed by atoms with van der Waals surface area (Å²) >= 11 is 0. The van der Waals surface area contributed by atoms with Crippen LogP contribution < -0.4 is 5.73 Å². The molecule has 0 fully saturated rings. The lowest BCUT2D eigenvalue weighted by atomic mass is 10.2. The summed E-state index contributed by atoms with van der Waals surface area (Å²) in [6, 6.07) is 1.84. The first-order valence-corrected chi connectivity index (χ1v) is 4.42. The molecule has 5 nitrogen and oxygen atoms in total. The summed E-state index contributed by atoms with van der Waals surface area (Å²) in [6.45, 7) is 2.02. The monoisotopic (exact) mass is 189 g/mol. The van der Waals surface area contributed by atoms with Crippen LogP contribution in [0.3, 0.4) is 0 Å². The molecule has 5 heteroatoms. The van der Waals surface area contributed by atoms with E-state index in [1.807, 2.05) is 19.2 Å². The van der Waals surface area contributed by atoms with Gasteiger partial charge < -0.3 is 5.73 Å². The number of nitrogens with two attached hydrogens (primary N) is 1. The minimum absolute atomic E-state index is 0.521. The Morgan fingerprint density at radius 1 is 1.43 bits per heavy atom. The Hall–Kier alpha value is -1.91. The van der Waals surface area contributed by atoms with Crippen LogP contribution in [0.2, 0.25) is 0 Å². The molecule has 2 rings (SSSR count). The Morgan fingerprint density at radius 3 is 2.93 bits per heavy atom. The largest absolute Gasteiger partial charge is 0.383 e. The smallest absolute Gasteiger partial charge is 0.161 e. The Kier molecular flexibility index (Phi) is 2.14. The van der Waals surface area contributed by atoms with E-state index in [-0.39, 0.29) is 0 Å². The van der Waals surface area contributed by atoms with Gasteiger partial charge in [0.1, 0.15) is 12.1 Å². The average molecular weight is 189 g/mol. The highest BCUT2D eigenvalue weighted by Gasteiger charge is 2.08. The molecule has 0 saturated carbocycles. The highest BCUT2D eigenvalue weighted by atomic mass is 15.3. The first-order chi connectivity index (χ1) is 6.83. The van der Waals surface area contributed by atoms with E-state index in [9.17, 15) is 0 Å². The van der Waals surface area contributed by atoms with Crippen LogP contribution >= 0.6 is 0 Å². The third-order valence-corrected chi connectivity index (χ3v) is 2.03. The molecule has 0 atom stereocenters. The lowest BCUT2D eigenvalue weighted by Crippen LogP contribution is -2.07. The second-order valence-electron chi connectivity index (χ2n) is 2.87. The number of nitrogen functional groups attached to an aromatic ring is 1. The van der Waals surface area contributed by atoms with Crippen molar-refractivity contribution in [2.24, 2.45) is 0 Å². The van der Waals surface area contributed by atoms with Crippen molar-refractivity contribution in [2.45, 2.75) is 13.3 Å². The lowest BCUT2D eigenvalue weighted by Gasteiger charge is -2.07. The van der Waals surface area contributed by atoms with Crippen molar-refractivity contribution in [1.29, 1.82) is 0 Å². The molecule has 0 bridgehead atoms. The molecule has 2 N–H and O–H groups in total. The van der Waals surface area contributed by atoms with Crippen LogP contribution in [0.5, 0.6) is 0 Å². The van der Waals surface area contributed by atoms with Crippen LogP contribution in [-0.4, -0.2) is 19.7 Å². The van der Waals surface area contributed by atoms with Crippen LogP contribution in [0.15, 0.2) is 24.8 Å². The fourth-order valence-electron chi connectivity index (χ4n) is 1.35. The van der Waals surface area contributed by atoms with Crippen molar-refractivity contribution in [1.82, 2.24) is 19.7 Å². The summed E-state index contributed by atoms with van der Waals surface area (Å²) in [5, 5.41) is 4.11. The van der Waals surface area contributed by atoms with Crippen LogP contribution in [0.1, 0.15) is 12.5 Å². The third kappa shape index (κ3) is 1.32. The molecule has 0 aliphatic carbocycles. The number of hydrogen-bond donors (Lipinski definition) is 1. The second-order valence-corrected chi connectivity index (χ2v) is 2.87. The molecule has 0 amide bonds. The minimum atomic E-state index is 0.521. The van der Waals surface area contributed by atoms with Crippen molar-refractivity contribution in [3.8, 4) is 5.82 Å². The highest BCUT2D eigenvalue weighted by molar-refractivity contribution is 5.47. The van der Waals surface area contributed by atoms with Gasteiger partial charge in [0, 0.05) is 18.0 Å². The van der Waals surface area contributed by atoms with Gasteiger partial charge in [0.05, 0.1) is 0 Å². The highest BCUT2D eigenvalue weighted by Crippen LogP contribution is 2.15. The number of nitrogens with zero attached hydrogens (tertiary/aromatic N) is 4. The molecule has 0 aliphatic heterocycles. The van der Waals surface area contributed by atoms with Crippen LogP contribution in [-0.2, 0) is 6.42 Å². The van der Waals surface area contributed by atoms with Crippen molar-refractivity contribution in [2.75, 3.05) is 5.73 Å². The predicted molar refractivity (Wildman–Crippen MR) is 52.9 cm³/mol. The van der Waals surface area contributed by atoms with Gasteiger partial charge in [-0.05, 0) is 12.5 Å². The van der Waals surface area contributed by atoms with E-state index in [0.717, 1.165) is 17.8 Å². The van der Waals surface area contributed by atoms with Gasteiger partial charge in [-0.1, -0.05) is 6.92 Å². The fourth-order valence-corrected chi connectivity index (χ4v) is 1.35. The van der Waals surface area contributed by atoms with E-state index >= 15 is 0 Å². The van der Waals surface area contributed by atoms with Gasteiger partial charge in [0.25, 0.3) is 0 Å². The van der Waals surface area contributed by atoms with Gasteiger partial charge in [-0.2, -0.15) is 5.10 Å². The average Bonchev–Trinajstić information content (AvgIpc) is 2.70. The molecule has 0 saturated heterocycles. The summed E-state index contributed by atoms with van der Waals surface area (Å²) < 4.78 is 1.69. The number of aromatic nitrogens is 4. The van der Waals surface area contributed by atoms with Crippen molar-refractivity contribution in [3.63, 3.8) is 0 Å². The molecule has 2 aromatic heterocycles. The van der Waals surface area contributed by atoms with Gasteiger partial charge in [0.15, 0.2) is 5.82 Å². The maximum atomic E-state index is 5.75. The Bertz CT molecular complexity index is 421. The molecule has 0 aliphatic rings. The molecule has 2 aromatic rings. The molecule has 0 unspecified atom stereocenters. The normalized spacial score (nSPS) is 10.4. The summed E-state index contributed by atoms with van der Waals surface area (Å²) in [6.07, 6.45) is 5.78. The fraction of sp³-hybridized carbons (Fsp3) is 0.222. The van der Waals surface area contributed by atoms with Crippen LogP contribution in [0, 0.1) is 0 Å². The topological polar surface area (TPSA) is 69.6 Å². The zero-order valence-corrected chi connectivity index (χ0v) is 7.88. The maximum absolute atomic E-state index is 5.75. The first-order valence-electron chi connectivity index (χ1n) is 4.42. The van der Waals surface area contributed by atoms with Crippen molar-refractivity contribution >= 4 is 5.82 Å². The molecule has 0 aromatic carbocycles. The molecular formula is C9H11N5. The summed E-state index contributed by atoms with van der Waals surface area (Å²) in [5.74, 6) is 1.28. The third-order valence-electron chi connectivity index (χ3n) is 2.03. The Balaban J connectivity index is 2.58. The molecular weight excluding hydrogens is 178 g/mol. The first kappa shape index (κ1) is 8.68. The van der Waals surface area contributed by atoms with E-state index in [2.05, 4.69) is 15.1 Å². The van der Waals surface area contributed by atoms with Gasteiger partial charge in [-0.15, -0.1) is 0 Å². The van der Waals surface area contributed by atoms with Gasteiger partial charge in [-0.25, -0.2) is 14.6 Å². The number of rotatable bonds is 2. The summed E-state index contributed by atoms with van der Waals surface area (Å²) in [5.41, 5.74) is 6.67. The van der Waals surface area contributed by atoms with Gasteiger partial charge in [0.2, 0.25) is 0 Å². The summed E-state index contributed by atoms with van der Waals surface area (Å²) in [4.78, 5) is 8.11. The van der Waals surface area contributed by atoms with Crippen LogP contribution in [0.4, 0.5) is 5.82 Å². The summed E-state index contributed by atoms with van der Waals surface area (Å²) in [7, 11) is 0. The van der Waals surface area contributed by atoms with Gasteiger partial charge >= 0.3 is 0 Å². The van der Waals surface area contributed by atoms with E-state index < -0.39 is 0 Å². The molecule has 0 radical (unpaired) electrons.